The lowest BCUT2D eigenvalue weighted by molar-refractivity contribution is -0.132. The first-order chi connectivity index (χ1) is 14.0. The van der Waals surface area contributed by atoms with Crippen LogP contribution in [0.25, 0.3) is 11.5 Å². The number of carbonyl (C=O) groups is 2. The number of imide groups is 1. The van der Waals surface area contributed by atoms with Crippen molar-refractivity contribution in [1.82, 2.24) is 20.4 Å². The summed E-state index contributed by atoms with van der Waals surface area (Å²) in [6.07, 6.45) is 1.26. The van der Waals surface area contributed by atoms with Gasteiger partial charge in [0, 0.05) is 5.56 Å². The average molecular weight is 390 g/mol. The summed E-state index contributed by atoms with van der Waals surface area (Å²) in [7, 11) is 0. The first-order valence-electron chi connectivity index (χ1n) is 9.63. The summed E-state index contributed by atoms with van der Waals surface area (Å²) in [5.41, 5.74) is 1.63. The average Bonchev–Trinajstić information content (AvgIpc) is 3.29. The molecule has 1 saturated heterocycles. The lowest BCUT2D eigenvalue weighted by Crippen LogP contribution is -2.43. The third-order valence-electron chi connectivity index (χ3n) is 5.13. The SMILES string of the molecule is CCCC1(c2ccccc2)NC(=O)N(Cc2noc(-c3ccc(C)cc3)n2)C1=O. The standard InChI is InChI=1S/C22H22N4O3/c1-3-13-22(17-7-5-4-6-8-17)20(27)26(21(28)24-22)14-18-23-19(29-25-18)16-11-9-15(2)10-12-16/h4-12H,3,13-14H2,1-2H3,(H,24,28). The highest BCUT2D eigenvalue weighted by atomic mass is 16.5. The number of carbonyl (C=O) groups excluding carboxylic acids is 2. The van der Waals surface area contributed by atoms with Crippen LogP contribution in [0.2, 0.25) is 0 Å². The molecule has 1 atom stereocenters. The Kier molecular flexibility index (Phi) is 4.88. The fourth-order valence-electron chi connectivity index (χ4n) is 3.65. The summed E-state index contributed by atoms with van der Waals surface area (Å²) in [5, 5.41) is 6.85. The highest BCUT2D eigenvalue weighted by Crippen LogP contribution is 2.34. The van der Waals surface area contributed by atoms with E-state index in [9.17, 15) is 9.59 Å². The Hall–Kier alpha value is -3.48. The fraction of sp³-hybridized carbons (Fsp3) is 0.273. The molecule has 29 heavy (non-hydrogen) atoms. The smallest absolute Gasteiger partial charge is 0.325 e. The van der Waals surface area contributed by atoms with Crippen molar-refractivity contribution in [2.45, 2.75) is 38.8 Å². The number of aromatic nitrogens is 2. The molecule has 1 aliphatic heterocycles. The minimum atomic E-state index is -1.06. The molecule has 7 nitrogen and oxygen atoms in total. The molecule has 0 bridgehead atoms. The second-order valence-electron chi connectivity index (χ2n) is 7.22. The lowest BCUT2D eigenvalue weighted by atomic mass is 9.85. The van der Waals surface area contributed by atoms with Crippen LogP contribution in [-0.2, 0) is 16.9 Å². The zero-order valence-corrected chi connectivity index (χ0v) is 16.4. The van der Waals surface area contributed by atoms with Gasteiger partial charge in [-0.15, -0.1) is 0 Å². The second kappa shape index (κ2) is 7.50. The number of nitrogens with zero attached hydrogens (tertiary/aromatic N) is 3. The quantitative estimate of drug-likeness (QED) is 0.647. The Bertz CT molecular complexity index is 1030. The number of urea groups is 1. The van der Waals surface area contributed by atoms with Crippen molar-refractivity contribution < 1.29 is 14.1 Å². The van der Waals surface area contributed by atoms with E-state index in [0.717, 1.165) is 28.0 Å². The van der Waals surface area contributed by atoms with E-state index in [1.807, 2.05) is 68.4 Å². The van der Waals surface area contributed by atoms with Crippen LogP contribution in [0.3, 0.4) is 0 Å². The highest BCUT2D eigenvalue weighted by molar-refractivity contribution is 6.07. The molecule has 7 heteroatoms. The molecule has 4 rings (SSSR count). The molecule has 3 aromatic rings. The number of aryl methyl sites for hydroxylation is 1. The largest absolute Gasteiger partial charge is 0.334 e. The van der Waals surface area contributed by atoms with Crippen LogP contribution in [0, 0.1) is 6.92 Å². The molecular formula is C22H22N4O3. The molecule has 0 saturated carbocycles. The Balaban J connectivity index is 1.59. The Morgan fingerprint density at radius 2 is 1.79 bits per heavy atom. The molecule has 0 aliphatic carbocycles. The van der Waals surface area contributed by atoms with Crippen LogP contribution in [0.5, 0.6) is 0 Å². The van der Waals surface area contributed by atoms with Crippen molar-refractivity contribution in [2.75, 3.05) is 0 Å². The first-order valence-corrected chi connectivity index (χ1v) is 9.63. The van der Waals surface area contributed by atoms with Crippen molar-refractivity contribution >= 4 is 11.9 Å². The summed E-state index contributed by atoms with van der Waals surface area (Å²) in [6, 6.07) is 16.6. The monoisotopic (exact) mass is 390 g/mol. The van der Waals surface area contributed by atoms with Crippen LogP contribution >= 0.6 is 0 Å². The van der Waals surface area contributed by atoms with Crippen LogP contribution in [0.1, 0.15) is 36.7 Å². The van der Waals surface area contributed by atoms with E-state index in [-0.39, 0.29) is 18.3 Å². The third kappa shape index (κ3) is 3.40. The molecule has 1 aliphatic rings. The van der Waals surface area contributed by atoms with E-state index < -0.39 is 11.6 Å². The van der Waals surface area contributed by atoms with Gasteiger partial charge in [-0.25, -0.2) is 4.79 Å². The maximum absolute atomic E-state index is 13.3. The maximum atomic E-state index is 13.3. The number of rotatable bonds is 6. The van der Waals surface area contributed by atoms with Crippen molar-refractivity contribution in [3.05, 3.63) is 71.5 Å². The normalized spacial score (nSPS) is 18.9. The van der Waals surface area contributed by atoms with Gasteiger partial charge in [-0.2, -0.15) is 4.98 Å². The van der Waals surface area contributed by atoms with Crippen LogP contribution < -0.4 is 5.32 Å². The topological polar surface area (TPSA) is 88.3 Å². The van der Waals surface area contributed by atoms with Crippen LogP contribution in [0.4, 0.5) is 4.79 Å². The van der Waals surface area contributed by atoms with Gasteiger partial charge in [0.2, 0.25) is 0 Å². The van der Waals surface area contributed by atoms with Crippen molar-refractivity contribution in [1.29, 1.82) is 0 Å². The Morgan fingerprint density at radius 3 is 2.48 bits per heavy atom. The van der Waals surface area contributed by atoms with Gasteiger partial charge >= 0.3 is 6.03 Å². The molecule has 1 fully saturated rings. The van der Waals surface area contributed by atoms with Crippen molar-refractivity contribution in [3.63, 3.8) is 0 Å². The van der Waals surface area contributed by atoms with E-state index in [2.05, 4.69) is 15.5 Å². The molecule has 0 spiro atoms. The van der Waals surface area contributed by atoms with Crippen molar-refractivity contribution in [2.24, 2.45) is 0 Å². The molecule has 148 valence electrons. The Morgan fingerprint density at radius 1 is 1.07 bits per heavy atom. The molecular weight excluding hydrogens is 368 g/mol. The van der Waals surface area contributed by atoms with Gasteiger partial charge in [-0.1, -0.05) is 66.5 Å². The predicted molar refractivity (Wildman–Crippen MR) is 107 cm³/mol. The Labute approximate surface area is 168 Å². The number of hydrogen-bond acceptors (Lipinski definition) is 5. The maximum Gasteiger partial charge on any atom is 0.325 e. The number of hydrogen-bond donors (Lipinski definition) is 1. The third-order valence-corrected chi connectivity index (χ3v) is 5.13. The van der Waals surface area contributed by atoms with E-state index >= 15 is 0 Å². The van der Waals surface area contributed by atoms with E-state index in [4.69, 9.17) is 4.52 Å². The number of nitrogens with one attached hydrogen (secondary N) is 1. The van der Waals surface area contributed by atoms with Gasteiger partial charge in [0.1, 0.15) is 5.54 Å². The minimum absolute atomic E-state index is 0.0433. The van der Waals surface area contributed by atoms with Gasteiger partial charge in [0.15, 0.2) is 5.82 Å². The molecule has 0 radical (unpaired) electrons. The van der Waals surface area contributed by atoms with Crippen molar-refractivity contribution in [3.8, 4) is 11.5 Å². The summed E-state index contributed by atoms with van der Waals surface area (Å²) in [4.78, 5) is 31.5. The van der Waals surface area contributed by atoms with E-state index in [0.29, 0.717) is 12.3 Å². The molecule has 1 aromatic heterocycles. The van der Waals surface area contributed by atoms with Gasteiger partial charge in [0.05, 0.1) is 6.54 Å². The zero-order chi connectivity index (χ0) is 20.4. The number of amides is 3. The summed E-state index contributed by atoms with van der Waals surface area (Å²) >= 11 is 0. The second-order valence-corrected chi connectivity index (χ2v) is 7.22. The first kappa shape index (κ1) is 18.9. The van der Waals surface area contributed by atoms with Gasteiger partial charge in [-0.05, 0) is 31.0 Å². The minimum Gasteiger partial charge on any atom is -0.334 e. The van der Waals surface area contributed by atoms with E-state index in [1.54, 1.807) is 0 Å². The molecule has 2 aromatic carbocycles. The predicted octanol–water partition coefficient (Wildman–Crippen LogP) is 3.79. The number of benzene rings is 2. The highest BCUT2D eigenvalue weighted by Gasteiger charge is 2.51. The van der Waals surface area contributed by atoms with Gasteiger partial charge < -0.3 is 9.84 Å². The molecule has 1 N–H and O–H groups in total. The zero-order valence-electron chi connectivity index (χ0n) is 16.4. The summed E-state index contributed by atoms with van der Waals surface area (Å²) < 4.78 is 5.32. The fourth-order valence-corrected chi connectivity index (χ4v) is 3.65. The summed E-state index contributed by atoms with van der Waals surface area (Å²) in [5.74, 6) is 0.344. The van der Waals surface area contributed by atoms with Gasteiger partial charge in [-0.3, -0.25) is 9.69 Å². The summed E-state index contributed by atoms with van der Waals surface area (Å²) in [6.45, 7) is 3.94. The molecule has 3 amide bonds. The van der Waals surface area contributed by atoms with Crippen LogP contribution in [0.15, 0.2) is 59.1 Å². The van der Waals surface area contributed by atoms with Crippen LogP contribution in [-0.4, -0.2) is 27.0 Å². The lowest BCUT2D eigenvalue weighted by Gasteiger charge is -2.26. The molecule has 2 heterocycles. The molecule has 1 unspecified atom stereocenters. The van der Waals surface area contributed by atoms with Gasteiger partial charge in [0.25, 0.3) is 11.8 Å². The van der Waals surface area contributed by atoms with E-state index in [1.165, 1.54) is 0 Å².